The van der Waals surface area contributed by atoms with E-state index in [0.29, 0.717) is 24.6 Å². The van der Waals surface area contributed by atoms with Gasteiger partial charge in [-0.15, -0.1) is 0 Å². The van der Waals surface area contributed by atoms with E-state index in [1.807, 2.05) is 20.0 Å². The van der Waals surface area contributed by atoms with E-state index in [-0.39, 0.29) is 11.7 Å². The number of oxazole rings is 1. The van der Waals surface area contributed by atoms with Crippen molar-refractivity contribution >= 4 is 22.2 Å². The van der Waals surface area contributed by atoms with Gasteiger partial charge in [-0.05, 0) is 13.8 Å². The standard InChI is InChI=1S/C13H15N5O2S/c1-4-10-15-7(2)11(20-10)12(19)14-5-9-6-18-13(16-9)21-8(3)17-18/h6H,4-5H2,1-3H3,(H,14,19). The predicted octanol–water partition coefficient (Wildman–Crippen LogP) is 1.89. The third-order valence-corrected chi connectivity index (χ3v) is 3.81. The highest BCUT2D eigenvalue weighted by Gasteiger charge is 2.17. The van der Waals surface area contributed by atoms with Crippen molar-refractivity contribution in [2.24, 2.45) is 0 Å². The Kier molecular flexibility index (Phi) is 3.46. The summed E-state index contributed by atoms with van der Waals surface area (Å²) in [7, 11) is 0. The van der Waals surface area contributed by atoms with Crippen molar-refractivity contribution in [1.29, 1.82) is 0 Å². The molecule has 0 radical (unpaired) electrons. The zero-order chi connectivity index (χ0) is 15.0. The first-order valence-electron chi connectivity index (χ1n) is 6.63. The van der Waals surface area contributed by atoms with Crippen LogP contribution in [0.4, 0.5) is 0 Å². The van der Waals surface area contributed by atoms with Crippen molar-refractivity contribution in [3.8, 4) is 0 Å². The fourth-order valence-electron chi connectivity index (χ4n) is 2.00. The monoisotopic (exact) mass is 305 g/mol. The van der Waals surface area contributed by atoms with Crippen LogP contribution in [0.15, 0.2) is 10.6 Å². The number of fused-ring (bicyclic) bond motifs is 1. The average molecular weight is 305 g/mol. The summed E-state index contributed by atoms with van der Waals surface area (Å²) < 4.78 is 7.13. The Balaban J connectivity index is 1.69. The first-order valence-corrected chi connectivity index (χ1v) is 7.44. The molecular weight excluding hydrogens is 290 g/mol. The summed E-state index contributed by atoms with van der Waals surface area (Å²) in [6, 6.07) is 0. The van der Waals surface area contributed by atoms with Gasteiger partial charge in [0.1, 0.15) is 5.01 Å². The molecule has 3 rings (SSSR count). The van der Waals surface area contributed by atoms with Gasteiger partial charge >= 0.3 is 0 Å². The van der Waals surface area contributed by atoms with Crippen molar-refractivity contribution in [3.05, 3.63) is 34.2 Å². The summed E-state index contributed by atoms with van der Waals surface area (Å²) in [5.41, 5.74) is 1.36. The van der Waals surface area contributed by atoms with Gasteiger partial charge in [-0.1, -0.05) is 18.3 Å². The second-order valence-electron chi connectivity index (χ2n) is 4.64. The summed E-state index contributed by atoms with van der Waals surface area (Å²) >= 11 is 1.51. The highest BCUT2D eigenvalue weighted by Crippen LogP contribution is 2.14. The van der Waals surface area contributed by atoms with Gasteiger partial charge in [0.15, 0.2) is 5.89 Å². The summed E-state index contributed by atoms with van der Waals surface area (Å²) in [6.07, 6.45) is 2.47. The largest absolute Gasteiger partial charge is 0.435 e. The molecule has 0 aliphatic heterocycles. The Morgan fingerprint density at radius 2 is 2.24 bits per heavy atom. The van der Waals surface area contributed by atoms with Crippen molar-refractivity contribution < 1.29 is 9.21 Å². The quantitative estimate of drug-likeness (QED) is 0.795. The van der Waals surface area contributed by atoms with E-state index < -0.39 is 0 Å². The Hall–Kier alpha value is -2.22. The van der Waals surface area contributed by atoms with Crippen LogP contribution in [0.1, 0.15) is 39.8 Å². The molecule has 8 heteroatoms. The maximum atomic E-state index is 12.1. The molecular formula is C13H15N5O2S. The van der Waals surface area contributed by atoms with Crippen LogP contribution in [0.2, 0.25) is 0 Å². The van der Waals surface area contributed by atoms with Crippen LogP contribution < -0.4 is 5.32 Å². The molecule has 0 aliphatic carbocycles. The lowest BCUT2D eigenvalue weighted by molar-refractivity contribution is 0.0920. The molecule has 21 heavy (non-hydrogen) atoms. The van der Waals surface area contributed by atoms with Crippen LogP contribution >= 0.6 is 11.3 Å². The zero-order valence-electron chi connectivity index (χ0n) is 12.0. The van der Waals surface area contributed by atoms with E-state index in [4.69, 9.17) is 4.42 Å². The molecule has 110 valence electrons. The van der Waals surface area contributed by atoms with Gasteiger partial charge in [-0.25, -0.2) is 14.5 Å². The Bertz CT molecular complexity index is 769. The highest BCUT2D eigenvalue weighted by atomic mass is 32.1. The highest BCUT2D eigenvalue weighted by molar-refractivity contribution is 7.16. The van der Waals surface area contributed by atoms with E-state index in [1.165, 1.54) is 11.3 Å². The SMILES string of the molecule is CCc1nc(C)c(C(=O)NCc2cn3nc(C)sc3n2)o1. The molecule has 1 amide bonds. The van der Waals surface area contributed by atoms with E-state index in [9.17, 15) is 4.79 Å². The van der Waals surface area contributed by atoms with Crippen molar-refractivity contribution in [1.82, 2.24) is 24.9 Å². The number of imidazole rings is 1. The number of amides is 1. The molecule has 0 aliphatic rings. The number of rotatable bonds is 4. The van der Waals surface area contributed by atoms with Crippen molar-refractivity contribution in [2.45, 2.75) is 33.7 Å². The lowest BCUT2D eigenvalue weighted by atomic mass is 10.3. The lowest BCUT2D eigenvalue weighted by Gasteiger charge is -2.00. The van der Waals surface area contributed by atoms with E-state index in [1.54, 1.807) is 11.4 Å². The summed E-state index contributed by atoms with van der Waals surface area (Å²) in [5.74, 6) is 0.557. The fraction of sp³-hybridized carbons (Fsp3) is 0.385. The molecule has 1 N–H and O–H groups in total. The number of aryl methyl sites for hydroxylation is 3. The Morgan fingerprint density at radius 1 is 1.43 bits per heavy atom. The number of carbonyl (C=O) groups excluding carboxylic acids is 1. The summed E-state index contributed by atoms with van der Waals surface area (Å²) in [4.78, 5) is 21.5. The number of carbonyl (C=O) groups is 1. The van der Waals surface area contributed by atoms with E-state index in [0.717, 1.165) is 15.7 Å². The number of aromatic nitrogens is 4. The molecule has 7 nitrogen and oxygen atoms in total. The molecule has 3 aromatic rings. The maximum absolute atomic E-state index is 12.1. The molecule has 0 aromatic carbocycles. The van der Waals surface area contributed by atoms with Gasteiger partial charge in [-0.3, -0.25) is 4.79 Å². The Morgan fingerprint density at radius 3 is 2.90 bits per heavy atom. The Labute approximate surface area is 125 Å². The van der Waals surface area contributed by atoms with Gasteiger partial charge in [0.2, 0.25) is 10.7 Å². The van der Waals surface area contributed by atoms with Crippen LogP contribution in [0.25, 0.3) is 4.96 Å². The minimum atomic E-state index is -0.278. The third-order valence-electron chi connectivity index (χ3n) is 2.97. The topological polar surface area (TPSA) is 85.3 Å². The first kappa shape index (κ1) is 13.7. The van der Waals surface area contributed by atoms with Gasteiger partial charge in [-0.2, -0.15) is 5.10 Å². The van der Waals surface area contributed by atoms with Crippen LogP contribution in [0.5, 0.6) is 0 Å². The molecule has 3 heterocycles. The van der Waals surface area contributed by atoms with Gasteiger partial charge in [0.25, 0.3) is 5.91 Å². The van der Waals surface area contributed by atoms with Crippen LogP contribution in [0, 0.1) is 13.8 Å². The van der Waals surface area contributed by atoms with Gasteiger partial charge in [0.05, 0.1) is 24.1 Å². The second kappa shape index (κ2) is 5.28. The van der Waals surface area contributed by atoms with E-state index in [2.05, 4.69) is 20.4 Å². The lowest BCUT2D eigenvalue weighted by Crippen LogP contribution is -2.23. The molecule has 0 unspecified atom stereocenters. The van der Waals surface area contributed by atoms with Crippen LogP contribution in [-0.2, 0) is 13.0 Å². The number of nitrogens with one attached hydrogen (secondary N) is 1. The summed E-state index contributed by atoms with van der Waals surface area (Å²) in [6.45, 7) is 5.95. The van der Waals surface area contributed by atoms with Crippen LogP contribution in [-0.4, -0.2) is 25.5 Å². The summed E-state index contributed by atoms with van der Waals surface area (Å²) in [5, 5.41) is 8.02. The minimum Gasteiger partial charge on any atom is -0.435 e. The minimum absolute atomic E-state index is 0.266. The van der Waals surface area contributed by atoms with Gasteiger partial charge in [0, 0.05) is 6.42 Å². The molecule has 0 saturated carbocycles. The normalized spacial score (nSPS) is 11.2. The maximum Gasteiger partial charge on any atom is 0.289 e. The number of hydrogen-bond donors (Lipinski definition) is 1. The zero-order valence-corrected chi connectivity index (χ0v) is 12.8. The molecule has 0 bridgehead atoms. The van der Waals surface area contributed by atoms with E-state index >= 15 is 0 Å². The molecule has 0 saturated heterocycles. The first-order chi connectivity index (χ1) is 10.1. The predicted molar refractivity (Wildman–Crippen MR) is 77.4 cm³/mol. The molecule has 3 aromatic heterocycles. The van der Waals surface area contributed by atoms with Crippen molar-refractivity contribution in [3.63, 3.8) is 0 Å². The average Bonchev–Trinajstić information content (AvgIpc) is 3.08. The smallest absolute Gasteiger partial charge is 0.289 e. The fourth-order valence-corrected chi connectivity index (χ4v) is 2.74. The molecule has 0 fully saturated rings. The molecule has 0 atom stereocenters. The van der Waals surface area contributed by atoms with Gasteiger partial charge < -0.3 is 9.73 Å². The molecule has 0 spiro atoms. The second-order valence-corrected chi connectivity index (χ2v) is 5.80. The van der Waals surface area contributed by atoms with Crippen molar-refractivity contribution in [2.75, 3.05) is 0 Å². The number of hydrogen-bond acceptors (Lipinski definition) is 6. The third kappa shape index (κ3) is 2.66. The number of nitrogens with zero attached hydrogens (tertiary/aromatic N) is 4. The van der Waals surface area contributed by atoms with Crippen LogP contribution in [0.3, 0.4) is 0 Å².